The molecule has 66 heavy (non-hydrogen) atoms. The number of ether oxygens (including phenoxy) is 4. The molecule has 3 aliphatic rings. The van der Waals surface area contributed by atoms with E-state index in [1.165, 1.54) is 12.1 Å². The third-order valence-electron chi connectivity index (χ3n) is 10.5. The van der Waals surface area contributed by atoms with Gasteiger partial charge < -0.3 is 38.6 Å². The lowest BCUT2D eigenvalue weighted by atomic mass is 10.1. The quantitative estimate of drug-likeness (QED) is 0.0492. The van der Waals surface area contributed by atoms with Crippen LogP contribution in [0.15, 0.2) is 83.0 Å². The summed E-state index contributed by atoms with van der Waals surface area (Å²) in [6, 6.07) is 13.6. The Morgan fingerprint density at radius 3 is 2.26 bits per heavy atom. The number of anilines is 1. The summed E-state index contributed by atoms with van der Waals surface area (Å²) in [5.74, 6) is 0.0417. The van der Waals surface area contributed by atoms with Gasteiger partial charge >= 0.3 is 18.5 Å². The smallest absolute Gasteiger partial charge is 0.389 e. The largest absolute Gasteiger partial charge is 0.756 e. The van der Waals surface area contributed by atoms with Crippen molar-refractivity contribution in [3.63, 3.8) is 0 Å². The van der Waals surface area contributed by atoms with Crippen LogP contribution in [0.25, 0.3) is 11.2 Å². The molecule has 0 spiro atoms. The monoisotopic (exact) mass is 979 g/mol. The van der Waals surface area contributed by atoms with Gasteiger partial charge in [0.1, 0.15) is 47.8 Å². The summed E-state index contributed by atoms with van der Waals surface area (Å²) in [5, 5.41) is 0. The number of unbranched alkanes of at least 4 members (excludes halogenated alkanes) is 3. The zero-order valence-corrected chi connectivity index (χ0v) is 37.9. The van der Waals surface area contributed by atoms with Gasteiger partial charge in [-0.05, 0) is 59.8 Å². The third-order valence-corrected chi connectivity index (χ3v) is 15.1. The van der Waals surface area contributed by atoms with Gasteiger partial charge in [0.05, 0.1) is 31.7 Å². The number of benzene rings is 2. The lowest BCUT2D eigenvalue weighted by Gasteiger charge is -2.32. The maximum Gasteiger partial charge on any atom is 0.389 e. The fourth-order valence-electron chi connectivity index (χ4n) is 7.18. The number of halogens is 2. The number of hydrogen-bond donors (Lipinski definition) is 2. The molecular weight excluding hydrogens is 934 g/mol. The van der Waals surface area contributed by atoms with Crippen LogP contribution in [0.5, 0.6) is 11.5 Å². The molecule has 8 rings (SSSR count). The van der Waals surface area contributed by atoms with E-state index in [9.17, 15) is 28.4 Å². The van der Waals surface area contributed by atoms with Gasteiger partial charge in [-0.25, -0.2) is 37.9 Å². The predicted molar refractivity (Wildman–Crippen MR) is 231 cm³/mol. The number of esters is 1. The molecule has 6 heterocycles. The number of carbonyl (C=O) groups is 1. The van der Waals surface area contributed by atoms with Crippen molar-refractivity contribution in [3.8, 4) is 11.5 Å². The van der Waals surface area contributed by atoms with Crippen molar-refractivity contribution in [1.82, 2.24) is 29.1 Å². The summed E-state index contributed by atoms with van der Waals surface area (Å²) in [6.45, 7) is -3.82. The Morgan fingerprint density at radius 1 is 0.894 bits per heavy atom. The van der Waals surface area contributed by atoms with Gasteiger partial charge in [-0.3, -0.25) is 32.5 Å². The molecule has 3 saturated heterocycles. The van der Waals surface area contributed by atoms with Crippen molar-refractivity contribution in [1.29, 1.82) is 0 Å². The summed E-state index contributed by atoms with van der Waals surface area (Å²) >= 11 is 0.580. The van der Waals surface area contributed by atoms with Crippen molar-refractivity contribution in [2.24, 2.45) is 0 Å². The van der Waals surface area contributed by atoms with Crippen LogP contribution in [0.2, 0.25) is 0 Å². The number of carbonyl (C=O) groups excluding carboxylic acids is 1. The number of fused-ring (bicyclic) bond motifs is 3. The van der Waals surface area contributed by atoms with E-state index in [1.54, 1.807) is 36.4 Å². The van der Waals surface area contributed by atoms with E-state index in [4.69, 9.17) is 42.8 Å². The van der Waals surface area contributed by atoms with Gasteiger partial charge in [-0.15, -0.1) is 0 Å². The van der Waals surface area contributed by atoms with Crippen LogP contribution in [0.1, 0.15) is 61.0 Å². The molecule has 2 unspecified atom stereocenters. The normalized spacial score (nSPS) is 28.9. The number of nitrogens with zero attached hydrogens (tertiary/aromatic N) is 5. The van der Waals surface area contributed by atoms with E-state index in [0.29, 0.717) is 33.9 Å². The highest BCUT2D eigenvalue weighted by molar-refractivity contribution is 8.54. The first-order valence-electron chi connectivity index (χ1n) is 20.3. The van der Waals surface area contributed by atoms with Gasteiger partial charge in [0.2, 0.25) is 0 Å². The standard InChI is InChI=1S/C39H43F2N7O14P2S.CH3/c1-2-3-4-5-16-55-24-12-8-23(9-13-24)38(50)58-25-10-6-22(7-11-25)19-65-64(54)57-18-27-32(29(40)37(60-27)48-21-45-31-34(42)43-20-44-35(31)48)61-63(52,53)56-17-26-33(62-64)30(41)36(59-26)47-15-14-28(49)46-39(47)51;/h6-15,20-21,26-27,29-30,32-33,36-37H,2-5,16-19H2,1H3,(H,52,53)(H2,42,43,44)(H,46,49,51);1H3/q;+1/p-1/t26-,27-,29-,30-,32-,33-,36-,37-,64?;/m1./s1. The molecule has 21 nitrogen and oxygen atoms in total. The van der Waals surface area contributed by atoms with Crippen LogP contribution >= 0.6 is 26.0 Å². The topological polar surface area (TPSA) is 273 Å². The van der Waals surface area contributed by atoms with Crippen molar-refractivity contribution in [2.45, 2.75) is 87.6 Å². The number of imidazole rings is 1. The molecule has 2 aromatic carbocycles. The second-order valence-corrected chi connectivity index (χ2v) is 20.4. The lowest BCUT2D eigenvalue weighted by Crippen LogP contribution is -2.38. The maximum absolute atomic E-state index is 16.5. The Kier molecular flexibility index (Phi) is 15.5. The minimum atomic E-state index is -5.49. The Labute approximate surface area is 379 Å². The van der Waals surface area contributed by atoms with Crippen LogP contribution in [-0.2, 0) is 42.5 Å². The molecule has 0 saturated carbocycles. The van der Waals surface area contributed by atoms with Crippen LogP contribution in [0, 0.1) is 7.43 Å². The number of nitrogens with one attached hydrogen (secondary N) is 1. The van der Waals surface area contributed by atoms with Gasteiger partial charge in [0.25, 0.3) is 13.4 Å². The van der Waals surface area contributed by atoms with E-state index in [-0.39, 0.29) is 41.5 Å². The molecule has 354 valence electrons. The first-order chi connectivity index (χ1) is 31.2. The van der Waals surface area contributed by atoms with Crippen molar-refractivity contribution in [2.75, 3.05) is 25.6 Å². The van der Waals surface area contributed by atoms with Crippen LogP contribution in [-0.4, -0.2) is 91.6 Å². The highest BCUT2D eigenvalue weighted by Gasteiger charge is 2.54. The lowest BCUT2D eigenvalue weighted by molar-refractivity contribution is -0.235. The zero-order valence-electron chi connectivity index (χ0n) is 35.3. The van der Waals surface area contributed by atoms with E-state index >= 15 is 8.78 Å². The van der Waals surface area contributed by atoms with E-state index in [0.717, 1.165) is 55.2 Å². The summed E-state index contributed by atoms with van der Waals surface area (Å²) in [7, 11) is -5.49. The fraction of sp³-hybridized carbons (Fsp3) is 0.425. The highest BCUT2D eigenvalue weighted by atomic mass is 32.7. The molecule has 3 N–H and O–H groups in total. The summed E-state index contributed by atoms with van der Waals surface area (Å²) < 4.78 is 108. The molecule has 10 atom stereocenters. The van der Waals surface area contributed by atoms with Crippen LogP contribution in [0.4, 0.5) is 14.6 Å². The van der Waals surface area contributed by atoms with Crippen molar-refractivity contribution in [3.05, 3.63) is 113 Å². The van der Waals surface area contributed by atoms with Crippen molar-refractivity contribution < 1.29 is 64.6 Å². The number of hydrogen-bond acceptors (Lipinski definition) is 19. The average molecular weight is 980 g/mol. The number of aromatic nitrogens is 6. The fourth-order valence-corrected chi connectivity index (χ4v) is 11.5. The Morgan fingerprint density at radius 2 is 1.56 bits per heavy atom. The van der Waals surface area contributed by atoms with E-state index in [2.05, 4.69) is 21.9 Å². The first kappa shape index (κ1) is 48.9. The summed E-state index contributed by atoms with van der Waals surface area (Å²) in [5.41, 5.74) is 4.96. The number of phosphoric ester groups is 1. The Hall–Kier alpha value is -5.00. The first-order valence-corrected chi connectivity index (χ1v) is 24.9. The van der Waals surface area contributed by atoms with Gasteiger partial charge in [-0.2, -0.15) is 0 Å². The number of rotatable bonds is 13. The van der Waals surface area contributed by atoms with Gasteiger partial charge in [-0.1, -0.05) is 38.3 Å². The molecule has 5 aromatic rings. The van der Waals surface area contributed by atoms with Gasteiger partial charge in [0.15, 0.2) is 36.3 Å². The second kappa shape index (κ2) is 20.9. The minimum Gasteiger partial charge on any atom is -0.756 e. The van der Waals surface area contributed by atoms with Crippen LogP contribution in [0.3, 0.4) is 0 Å². The number of H-pyrrole nitrogens is 1. The molecule has 3 aliphatic heterocycles. The minimum absolute atomic E-state index is 0. The molecule has 0 bridgehead atoms. The zero-order chi connectivity index (χ0) is 45.9. The number of nitrogen functional groups attached to an aromatic ring is 1. The van der Waals surface area contributed by atoms with E-state index < -0.39 is 94.3 Å². The second-order valence-electron chi connectivity index (χ2n) is 15.0. The third kappa shape index (κ3) is 11.1. The number of aromatic amines is 1. The van der Waals surface area contributed by atoms with E-state index in [1.807, 2.05) is 4.98 Å². The molecule has 3 aromatic heterocycles. The number of nitrogens with two attached hydrogens (primary N) is 1. The Balaban J connectivity index is 0.00000648. The van der Waals surface area contributed by atoms with Gasteiger partial charge in [0, 0.05) is 25.4 Å². The molecule has 3 fully saturated rings. The highest BCUT2D eigenvalue weighted by Crippen LogP contribution is 2.64. The summed E-state index contributed by atoms with van der Waals surface area (Å²) in [6.07, 6.45) is -7.84. The predicted octanol–water partition coefficient (Wildman–Crippen LogP) is 5.39. The molecule has 0 radical (unpaired) electrons. The van der Waals surface area contributed by atoms with Crippen molar-refractivity contribution >= 4 is 49.0 Å². The molecular formula is C40H45F2N7O14P2S. The molecule has 0 aliphatic carbocycles. The molecule has 26 heteroatoms. The maximum atomic E-state index is 16.5. The Bertz CT molecular complexity index is 2700. The average Bonchev–Trinajstić information content (AvgIpc) is 3.94. The summed E-state index contributed by atoms with van der Waals surface area (Å²) in [4.78, 5) is 64.6. The molecule has 0 amide bonds. The number of alkyl halides is 2. The van der Waals surface area contributed by atoms with Crippen LogP contribution < -0.4 is 31.3 Å². The SMILES string of the molecule is CCCCCCOc1ccc(C(=O)Oc2ccc(CSP3(=O)OC[C@H]4O[C@@H](n5cnc6c(N)ncnc65)[C@H](F)[C@@H]4OP(=O)([O-])OC[C@H]4O[C@@H](n5ccc(=O)[nH]c5=O)[C@H](F)[C@@H]4O3)cc2)cc1.[CH3+]. The number of phosphoric acid groups is 1.